The molecule has 0 bridgehead atoms. The molecule has 70 heavy (non-hydrogen) atoms. The molecule has 0 saturated carbocycles. The number of benzene rings is 6. The van der Waals surface area contributed by atoms with Crippen LogP contribution in [0.3, 0.4) is 0 Å². The zero-order valence-electron chi connectivity index (χ0n) is 35.0. The summed E-state index contributed by atoms with van der Waals surface area (Å²) in [4.78, 5) is 140. The van der Waals surface area contributed by atoms with Crippen molar-refractivity contribution in [2.24, 2.45) is 0 Å². The molecule has 342 valence electrons. The second kappa shape index (κ2) is 17.1. The number of esters is 7. The summed E-state index contributed by atoms with van der Waals surface area (Å²) in [7, 11) is 0. The number of ketones is 5. The average Bonchev–Trinajstić information content (AvgIpc) is 4.13. The van der Waals surface area contributed by atoms with Gasteiger partial charge in [0.25, 0.3) is 0 Å². The van der Waals surface area contributed by atoms with Crippen molar-refractivity contribution in [2.45, 2.75) is 20.3 Å². The van der Waals surface area contributed by atoms with Crippen LogP contribution >= 0.6 is 0 Å². The maximum atomic E-state index is 12.6. The summed E-state index contributed by atoms with van der Waals surface area (Å²) in [5.41, 5.74) is 5.21. The lowest BCUT2D eigenvalue weighted by molar-refractivity contribution is 0.0425. The first-order chi connectivity index (χ1) is 33.0. The van der Waals surface area contributed by atoms with Crippen LogP contribution in [-0.4, -0.2) is 70.7 Å². The summed E-state index contributed by atoms with van der Waals surface area (Å²) in [5, 5.41) is 0. The number of carbonyl (C=O) groups excluding carboxylic acids is 12. The first kappa shape index (κ1) is 45.3. The Labute approximate surface area is 393 Å². The zero-order valence-corrected chi connectivity index (χ0v) is 35.0. The van der Waals surface area contributed by atoms with E-state index in [4.69, 9.17) is 9.47 Å². The van der Waals surface area contributed by atoms with Crippen LogP contribution in [0, 0.1) is 0 Å². The summed E-state index contributed by atoms with van der Waals surface area (Å²) in [5.74, 6) is -5.08. The normalized spacial score (nSPS) is 15.2. The highest BCUT2D eigenvalue weighted by atomic mass is 16.6. The summed E-state index contributed by atoms with van der Waals surface area (Å²) < 4.78 is 24.1. The number of Topliss-reactive ketones (excluding diaryl/α,β-unsaturated/α-hetero) is 4. The SMILES string of the molecule is C.C=C1OC(=O)c2cc(-c3ccc4c(c3)C(=O)OC4=O)ccc21.O=C(c1ccc2c(c1)C(=O)CC2=O)c1ccc2c(c1)C(=O)OC2=O.O=C1CC(=O)c2cc(Oc3ccc4c(c3)C(=O)OC4=O)ccc21. The Kier molecular flexibility index (Phi) is 11.0. The van der Waals surface area contributed by atoms with Gasteiger partial charge in [-0.15, -0.1) is 0 Å². The third-order valence-corrected chi connectivity index (χ3v) is 11.6. The minimum atomic E-state index is -0.792. The van der Waals surface area contributed by atoms with Gasteiger partial charge in [-0.2, -0.15) is 0 Å². The van der Waals surface area contributed by atoms with E-state index in [2.05, 4.69) is 20.8 Å². The smallest absolute Gasteiger partial charge is 0.347 e. The fraction of sp³-hybridized carbons (Fsp3) is 0.0566. The number of ether oxygens (including phenoxy) is 5. The van der Waals surface area contributed by atoms with E-state index in [9.17, 15) is 57.5 Å². The number of hydrogen-bond donors (Lipinski definition) is 0. The van der Waals surface area contributed by atoms with Gasteiger partial charge in [-0.3, -0.25) is 24.0 Å². The molecule has 0 spiro atoms. The lowest BCUT2D eigenvalue weighted by Gasteiger charge is -2.07. The van der Waals surface area contributed by atoms with E-state index in [1.807, 2.05) is 0 Å². The number of hydrogen-bond acceptors (Lipinski definition) is 17. The van der Waals surface area contributed by atoms with Gasteiger partial charge in [0.2, 0.25) is 0 Å². The fourth-order valence-electron chi connectivity index (χ4n) is 8.17. The Morgan fingerprint density at radius 2 is 0.686 bits per heavy atom. The molecule has 0 unspecified atom stereocenters. The van der Waals surface area contributed by atoms with Crippen LogP contribution in [0.4, 0.5) is 0 Å². The van der Waals surface area contributed by atoms with Crippen molar-refractivity contribution < 1.29 is 81.2 Å². The Morgan fingerprint density at radius 1 is 0.357 bits per heavy atom. The predicted molar refractivity (Wildman–Crippen MR) is 238 cm³/mol. The standard InChI is InChI=1S/C18H8O6.C17H8O6.C17H8O5.CH4/c19-14-7-15(20)12-5-8(1-3-10(12)14)16(21)9-2-4-11-13(6-9)18(23)24-17(11)22;18-14-7-15(19)12-5-8(1-3-10(12)14)22-9-2-4-11-13(6-9)17(21)23-16(11)20;1-8-11-4-2-9(6-13(11)16(19)21-8)10-3-5-12-14(7-10)17(20)22-15(12)18;/h1-6H,7H2;1-6H,7H2;2-7H,1H2;1H4. The van der Waals surface area contributed by atoms with Gasteiger partial charge in [-0.25, -0.2) is 33.6 Å². The molecule has 2 aliphatic carbocycles. The highest BCUT2D eigenvalue weighted by molar-refractivity contribution is 6.26. The first-order valence-corrected chi connectivity index (χ1v) is 20.4. The highest BCUT2D eigenvalue weighted by Gasteiger charge is 2.34. The topological polar surface area (TPSA) is 251 Å². The van der Waals surface area contributed by atoms with Gasteiger partial charge in [0.05, 0.1) is 51.8 Å². The van der Waals surface area contributed by atoms with Crippen molar-refractivity contribution in [1.29, 1.82) is 0 Å². The van der Waals surface area contributed by atoms with Crippen molar-refractivity contribution in [3.05, 3.63) is 194 Å². The summed E-state index contributed by atoms with van der Waals surface area (Å²) in [6, 6.07) is 27.4. The molecule has 6 aromatic carbocycles. The van der Waals surface area contributed by atoms with Gasteiger partial charge < -0.3 is 23.7 Å². The van der Waals surface area contributed by atoms with Gasteiger partial charge in [0.15, 0.2) is 28.9 Å². The minimum absolute atomic E-state index is 0. The average molecular weight is 937 g/mol. The molecule has 4 aliphatic heterocycles. The molecular formula is C53H28O17. The molecule has 6 aliphatic rings. The van der Waals surface area contributed by atoms with Crippen LogP contribution in [0.1, 0.15) is 156 Å². The largest absolute Gasteiger partial charge is 0.457 e. The number of carbonyl (C=O) groups is 12. The van der Waals surface area contributed by atoms with Crippen LogP contribution in [0.15, 0.2) is 116 Å². The van der Waals surface area contributed by atoms with E-state index in [0.29, 0.717) is 50.6 Å². The Hall–Kier alpha value is -9.90. The molecule has 0 atom stereocenters. The van der Waals surface area contributed by atoms with Crippen LogP contribution in [-0.2, 0) is 18.9 Å². The van der Waals surface area contributed by atoms with E-state index >= 15 is 0 Å². The van der Waals surface area contributed by atoms with Gasteiger partial charge in [0.1, 0.15) is 17.3 Å². The van der Waals surface area contributed by atoms with Gasteiger partial charge in [-0.1, -0.05) is 38.3 Å². The lowest BCUT2D eigenvalue weighted by Crippen LogP contribution is -2.05. The molecule has 17 nitrogen and oxygen atoms in total. The molecule has 4 heterocycles. The fourth-order valence-corrected chi connectivity index (χ4v) is 8.17. The predicted octanol–water partition coefficient (Wildman–Crippen LogP) is 8.00. The van der Waals surface area contributed by atoms with Crippen LogP contribution in [0.25, 0.3) is 16.9 Å². The molecule has 0 fully saturated rings. The van der Waals surface area contributed by atoms with E-state index < -0.39 is 47.6 Å². The molecular weight excluding hydrogens is 909 g/mol. The molecule has 12 rings (SSSR count). The molecule has 0 aromatic heterocycles. The van der Waals surface area contributed by atoms with Crippen molar-refractivity contribution >= 4 is 76.5 Å². The van der Waals surface area contributed by atoms with Crippen molar-refractivity contribution in [3.63, 3.8) is 0 Å². The molecule has 0 radical (unpaired) electrons. The first-order valence-electron chi connectivity index (χ1n) is 20.4. The summed E-state index contributed by atoms with van der Waals surface area (Å²) >= 11 is 0. The Morgan fingerprint density at radius 3 is 1.21 bits per heavy atom. The summed E-state index contributed by atoms with van der Waals surface area (Å²) in [6.07, 6.45) is -0.300. The number of cyclic esters (lactones) is 7. The summed E-state index contributed by atoms with van der Waals surface area (Å²) in [6.45, 7) is 3.67. The maximum Gasteiger partial charge on any atom is 0.347 e. The quantitative estimate of drug-likeness (QED) is 0.0687. The third-order valence-electron chi connectivity index (χ3n) is 11.6. The Bertz CT molecular complexity index is 3340. The number of rotatable bonds is 5. The minimum Gasteiger partial charge on any atom is -0.457 e. The van der Waals surface area contributed by atoms with E-state index in [1.165, 1.54) is 60.7 Å². The Balaban J connectivity index is 0.000000130. The second-order valence-electron chi connectivity index (χ2n) is 15.8. The zero-order chi connectivity index (χ0) is 48.6. The molecule has 0 saturated heterocycles. The lowest BCUT2D eigenvalue weighted by atomic mass is 9.96. The van der Waals surface area contributed by atoms with Crippen LogP contribution in [0.5, 0.6) is 11.5 Å². The molecule has 6 aromatic rings. The van der Waals surface area contributed by atoms with Gasteiger partial charge in [-0.05, 0) is 96.1 Å². The van der Waals surface area contributed by atoms with Crippen LogP contribution in [0.2, 0.25) is 0 Å². The van der Waals surface area contributed by atoms with Gasteiger partial charge in [0, 0.05) is 38.9 Å². The highest BCUT2D eigenvalue weighted by Crippen LogP contribution is 2.35. The van der Waals surface area contributed by atoms with E-state index in [-0.39, 0.29) is 93.5 Å². The van der Waals surface area contributed by atoms with Gasteiger partial charge >= 0.3 is 41.8 Å². The van der Waals surface area contributed by atoms with Crippen molar-refractivity contribution in [3.8, 4) is 22.6 Å². The van der Waals surface area contributed by atoms with E-state index in [1.54, 1.807) is 48.5 Å². The van der Waals surface area contributed by atoms with Crippen molar-refractivity contribution in [1.82, 2.24) is 0 Å². The van der Waals surface area contributed by atoms with Crippen molar-refractivity contribution in [2.75, 3.05) is 0 Å². The van der Waals surface area contributed by atoms with Crippen LogP contribution < -0.4 is 4.74 Å². The monoisotopic (exact) mass is 936 g/mol. The molecule has 0 N–H and O–H groups in total. The molecule has 0 amide bonds. The second-order valence-corrected chi connectivity index (χ2v) is 15.8. The maximum absolute atomic E-state index is 12.6. The molecule has 17 heteroatoms. The third kappa shape index (κ3) is 7.77. The number of fused-ring (bicyclic) bond motifs is 6. The van der Waals surface area contributed by atoms with E-state index in [0.717, 1.165) is 5.56 Å².